The lowest BCUT2D eigenvalue weighted by Crippen LogP contribution is -2.47. The molecule has 10 unspecified atom stereocenters. The van der Waals surface area contributed by atoms with Gasteiger partial charge in [-0.3, -0.25) is 14.7 Å². The molecule has 0 aliphatic carbocycles. The normalized spacial score (nSPS) is 15.1. The van der Waals surface area contributed by atoms with Crippen LogP contribution in [0.2, 0.25) is 0 Å². The average molecular weight is 1110 g/mol. The molecule has 0 aromatic heterocycles. The van der Waals surface area contributed by atoms with Gasteiger partial charge < -0.3 is 77.5 Å². The van der Waals surface area contributed by atoms with Gasteiger partial charge >= 0.3 is 0 Å². The van der Waals surface area contributed by atoms with Gasteiger partial charge in [0.2, 0.25) is 0 Å². The third-order valence-corrected chi connectivity index (χ3v) is 10.2. The highest BCUT2D eigenvalue weighted by atomic mass is 16.6. The standard InChI is InChI=1S/C45H99N7O15.8CH4/c1-36(60-32-43(8)57-19-22-65-47)25-50(11-13-51(26-37(2)61-30-41(6)55-16-15-53)28-39(4)63-33-44(9)58-20-23-66-48)12-14-52(29-40(5)64-34-45(10)59-21-24-67-49)27-38(3)62-31-42(7)56-18-17-54-35-46;;;;;;;;/h36-45,53H,11-35,46-49H2,1-10H3;8*1H4. The van der Waals surface area contributed by atoms with Crippen LogP contribution in [0.4, 0.5) is 0 Å². The van der Waals surface area contributed by atoms with E-state index in [9.17, 15) is 5.11 Å². The van der Waals surface area contributed by atoms with Crippen molar-refractivity contribution in [1.82, 2.24) is 14.7 Å². The first-order valence-electron chi connectivity index (χ1n) is 24.3. The van der Waals surface area contributed by atoms with E-state index in [-0.39, 0.29) is 140 Å². The summed E-state index contributed by atoms with van der Waals surface area (Å²) in [4.78, 5) is 21.2. The molecule has 22 heteroatoms. The summed E-state index contributed by atoms with van der Waals surface area (Å²) in [6.45, 7) is 32.1. The van der Waals surface area contributed by atoms with Crippen molar-refractivity contribution in [2.45, 2.75) is 190 Å². The van der Waals surface area contributed by atoms with Gasteiger partial charge in [-0.15, -0.1) is 0 Å². The van der Waals surface area contributed by atoms with Gasteiger partial charge in [0.25, 0.3) is 0 Å². The molecular formula is C53H131N7O15. The quantitative estimate of drug-likeness (QED) is 0.0281. The lowest BCUT2D eigenvalue weighted by molar-refractivity contribution is -0.0678. The van der Waals surface area contributed by atoms with E-state index < -0.39 is 0 Å². The van der Waals surface area contributed by atoms with E-state index in [0.717, 1.165) is 26.2 Å². The number of nitrogens with zero attached hydrogens (tertiary/aromatic N) is 3. The van der Waals surface area contributed by atoms with Crippen molar-refractivity contribution in [1.29, 1.82) is 0 Å². The Labute approximate surface area is 463 Å². The van der Waals surface area contributed by atoms with Gasteiger partial charge in [0.15, 0.2) is 0 Å². The molecule has 0 bridgehead atoms. The van der Waals surface area contributed by atoms with Gasteiger partial charge in [-0.1, -0.05) is 59.4 Å². The van der Waals surface area contributed by atoms with E-state index in [1.165, 1.54) is 0 Å². The Morgan fingerprint density at radius 3 is 0.773 bits per heavy atom. The Bertz CT molecular complexity index is 1070. The van der Waals surface area contributed by atoms with Crippen LogP contribution in [0.1, 0.15) is 129 Å². The first-order valence-corrected chi connectivity index (χ1v) is 24.3. The summed E-state index contributed by atoms with van der Waals surface area (Å²) < 4.78 is 65.5. The summed E-state index contributed by atoms with van der Waals surface area (Å²) >= 11 is 0. The summed E-state index contributed by atoms with van der Waals surface area (Å²) in [5, 5.41) is 9.21. The van der Waals surface area contributed by atoms with Crippen molar-refractivity contribution >= 4 is 0 Å². The van der Waals surface area contributed by atoms with Crippen molar-refractivity contribution in [3.63, 3.8) is 0 Å². The molecule has 9 N–H and O–H groups in total. The van der Waals surface area contributed by atoms with Crippen LogP contribution in [0.5, 0.6) is 0 Å². The van der Waals surface area contributed by atoms with Gasteiger partial charge in [0.05, 0.1) is 167 Å². The van der Waals surface area contributed by atoms with Crippen LogP contribution < -0.4 is 23.4 Å². The average Bonchev–Trinajstić information content (AvgIpc) is 3.29. The molecule has 0 amide bonds. The fourth-order valence-corrected chi connectivity index (χ4v) is 6.73. The Balaban J connectivity index is -0.000000778. The number of hydrogen-bond acceptors (Lipinski definition) is 22. The largest absolute Gasteiger partial charge is 0.394 e. The maximum atomic E-state index is 9.21. The number of ether oxygens (including phenoxy) is 11. The smallest absolute Gasteiger partial charge is 0.0941 e. The maximum absolute atomic E-state index is 9.21. The second kappa shape index (κ2) is 63.9. The number of aliphatic hydroxyl groups excluding tert-OH is 1. The molecule has 75 heavy (non-hydrogen) atoms. The van der Waals surface area contributed by atoms with Crippen LogP contribution in [0.25, 0.3) is 0 Å². The molecule has 10 atom stereocenters. The van der Waals surface area contributed by atoms with E-state index in [2.05, 4.69) is 63.8 Å². The molecule has 0 fully saturated rings. The number of hydrogen-bond donors (Lipinski definition) is 5. The maximum Gasteiger partial charge on any atom is 0.0941 e. The Morgan fingerprint density at radius 1 is 0.307 bits per heavy atom. The lowest BCUT2D eigenvalue weighted by Gasteiger charge is -2.34. The summed E-state index contributed by atoms with van der Waals surface area (Å²) in [6.07, 6.45) is -1.08. The minimum Gasteiger partial charge on any atom is -0.394 e. The van der Waals surface area contributed by atoms with Crippen LogP contribution in [0.15, 0.2) is 0 Å². The van der Waals surface area contributed by atoms with Gasteiger partial charge in [-0.25, -0.2) is 17.7 Å². The third-order valence-electron chi connectivity index (χ3n) is 10.2. The van der Waals surface area contributed by atoms with Crippen LogP contribution >= 0.6 is 0 Å². The first-order chi connectivity index (χ1) is 32.1. The number of aliphatic hydroxyl groups is 1. The molecule has 0 saturated carbocycles. The van der Waals surface area contributed by atoms with Crippen molar-refractivity contribution < 1.29 is 71.7 Å². The summed E-state index contributed by atoms with van der Waals surface area (Å²) in [5.41, 5.74) is 5.44. The summed E-state index contributed by atoms with van der Waals surface area (Å²) in [6, 6.07) is 0. The van der Waals surface area contributed by atoms with E-state index >= 15 is 0 Å². The van der Waals surface area contributed by atoms with Gasteiger partial charge in [0.1, 0.15) is 0 Å². The van der Waals surface area contributed by atoms with Crippen LogP contribution in [0, 0.1) is 0 Å². The van der Waals surface area contributed by atoms with Crippen molar-refractivity contribution in [3.8, 4) is 0 Å². The fraction of sp³-hybridized carbons (Fsp3) is 1.00. The van der Waals surface area contributed by atoms with E-state index in [4.69, 9.17) is 75.5 Å². The molecule has 0 aromatic rings. The topological polar surface area (TPSA) is 263 Å². The van der Waals surface area contributed by atoms with Gasteiger partial charge in [-0.05, 0) is 69.2 Å². The first kappa shape index (κ1) is 93.4. The molecule has 0 heterocycles. The van der Waals surface area contributed by atoms with Crippen LogP contribution in [0.3, 0.4) is 0 Å². The molecule has 0 spiro atoms. The lowest BCUT2D eigenvalue weighted by atomic mass is 10.2. The molecule has 0 saturated heterocycles. The van der Waals surface area contributed by atoms with Crippen molar-refractivity contribution in [3.05, 3.63) is 0 Å². The predicted octanol–water partition coefficient (Wildman–Crippen LogP) is 5.63. The molecule has 0 aromatic carbocycles. The number of nitrogens with two attached hydrogens (primary N) is 4. The molecule has 0 aliphatic rings. The highest BCUT2D eigenvalue weighted by molar-refractivity contribution is 4.75. The molecule has 0 aliphatic heterocycles. The molecular weight excluding hydrogens is 975 g/mol. The molecule has 468 valence electrons. The fourth-order valence-electron chi connectivity index (χ4n) is 6.73. The minimum absolute atomic E-state index is 0. The molecule has 22 nitrogen and oxygen atoms in total. The monoisotopic (exact) mass is 1110 g/mol. The minimum atomic E-state index is -0.147. The van der Waals surface area contributed by atoms with Gasteiger partial charge in [0, 0.05) is 58.9 Å². The molecule has 0 rings (SSSR count). The van der Waals surface area contributed by atoms with E-state index in [1.54, 1.807) is 0 Å². The SMILES string of the molecule is C.C.C.C.C.C.C.C.CC(COC(C)CN(CCN(CC(C)OCC(C)OCCO)CC(C)OCC(C)OCCON)CCN(CC(C)OCC(C)OCCON)CC(C)OCC(C)OCCOCN)OCCON. The zero-order chi connectivity index (χ0) is 50.1. The zero-order valence-corrected chi connectivity index (χ0v) is 43.3. The predicted molar refractivity (Wildman–Crippen MR) is 310 cm³/mol. The number of rotatable bonds is 51. The van der Waals surface area contributed by atoms with E-state index in [0.29, 0.717) is 119 Å². The Hall–Kier alpha value is -0.880. The van der Waals surface area contributed by atoms with Crippen molar-refractivity contribution in [2.24, 2.45) is 23.4 Å². The van der Waals surface area contributed by atoms with Crippen LogP contribution in [-0.2, 0) is 66.6 Å². The second-order valence-corrected chi connectivity index (χ2v) is 17.4. The summed E-state index contributed by atoms with van der Waals surface area (Å²) in [5.74, 6) is 15.5. The Kier molecular flexibility index (Phi) is 79.7. The zero-order valence-electron chi connectivity index (χ0n) is 43.3. The second-order valence-electron chi connectivity index (χ2n) is 17.4. The Morgan fingerprint density at radius 2 is 0.533 bits per heavy atom. The molecule has 0 radical (unpaired) electrons. The highest BCUT2D eigenvalue weighted by Crippen LogP contribution is 2.10. The van der Waals surface area contributed by atoms with Crippen molar-refractivity contribution in [2.75, 3.05) is 165 Å². The summed E-state index contributed by atoms with van der Waals surface area (Å²) in [7, 11) is 0. The van der Waals surface area contributed by atoms with Gasteiger partial charge in [-0.2, -0.15) is 0 Å². The van der Waals surface area contributed by atoms with Crippen LogP contribution in [-0.4, -0.2) is 246 Å². The third kappa shape index (κ3) is 59.1. The van der Waals surface area contributed by atoms with E-state index in [1.807, 2.05) is 34.6 Å². The highest BCUT2D eigenvalue weighted by Gasteiger charge is 2.22.